The van der Waals surface area contributed by atoms with Crippen molar-refractivity contribution in [1.29, 1.82) is 0 Å². The van der Waals surface area contributed by atoms with Gasteiger partial charge in [0.2, 0.25) is 5.91 Å². The summed E-state index contributed by atoms with van der Waals surface area (Å²) < 4.78 is 1.33. The Morgan fingerprint density at radius 3 is 2.73 bits per heavy atom. The monoisotopic (exact) mass is 457 g/mol. The van der Waals surface area contributed by atoms with E-state index in [-0.39, 0.29) is 23.8 Å². The van der Waals surface area contributed by atoms with Crippen LogP contribution in [0.15, 0.2) is 59.0 Å². The number of carbonyl (C=O) groups is 2. The number of nitrogens with zero attached hydrogens (tertiary/aromatic N) is 2. The van der Waals surface area contributed by atoms with Gasteiger partial charge in [-0.25, -0.2) is 4.98 Å². The van der Waals surface area contributed by atoms with E-state index in [1.54, 1.807) is 24.3 Å². The molecule has 0 fully saturated rings. The highest BCUT2D eigenvalue weighted by atomic mass is 32.1. The number of hydrogen-bond donors (Lipinski definition) is 1. The summed E-state index contributed by atoms with van der Waals surface area (Å²) in [7, 11) is 0. The lowest BCUT2D eigenvalue weighted by atomic mass is 9.89. The predicted molar refractivity (Wildman–Crippen MR) is 131 cm³/mol. The van der Waals surface area contributed by atoms with E-state index in [4.69, 9.17) is 0 Å². The zero-order valence-corrected chi connectivity index (χ0v) is 19.1. The Balaban J connectivity index is 1.44. The maximum Gasteiger partial charge on any atom is 0.263 e. The van der Waals surface area contributed by atoms with E-state index < -0.39 is 0 Å². The average molecular weight is 458 g/mol. The first kappa shape index (κ1) is 21.3. The van der Waals surface area contributed by atoms with Crippen molar-refractivity contribution in [3.8, 4) is 11.1 Å². The van der Waals surface area contributed by atoms with E-state index in [1.165, 1.54) is 53.1 Å². The van der Waals surface area contributed by atoms with Gasteiger partial charge >= 0.3 is 0 Å². The minimum atomic E-state index is -0.357. The van der Waals surface area contributed by atoms with Crippen LogP contribution in [0.5, 0.6) is 0 Å². The third kappa shape index (κ3) is 4.24. The summed E-state index contributed by atoms with van der Waals surface area (Å²) in [5, 5.41) is 5.28. The van der Waals surface area contributed by atoms with Gasteiger partial charge in [0.1, 0.15) is 11.4 Å². The summed E-state index contributed by atoms with van der Waals surface area (Å²) in [5.41, 5.74) is 5.43. The Morgan fingerprint density at radius 2 is 1.91 bits per heavy atom. The van der Waals surface area contributed by atoms with E-state index >= 15 is 0 Å². The summed E-state index contributed by atoms with van der Waals surface area (Å²) in [4.78, 5) is 42.6. The topological polar surface area (TPSA) is 81.1 Å². The number of rotatable bonds is 5. The van der Waals surface area contributed by atoms with Crippen molar-refractivity contribution in [1.82, 2.24) is 9.55 Å². The molecule has 1 amide bonds. The van der Waals surface area contributed by atoms with Crippen LogP contribution in [0.25, 0.3) is 21.3 Å². The van der Waals surface area contributed by atoms with Gasteiger partial charge in [-0.15, -0.1) is 11.3 Å². The zero-order chi connectivity index (χ0) is 22.9. The Labute approximate surface area is 194 Å². The molecule has 0 radical (unpaired) electrons. The molecule has 0 saturated carbocycles. The first-order valence-corrected chi connectivity index (χ1v) is 11.9. The lowest BCUT2D eigenvalue weighted by Gasteiger charge is -2.16. The van der Waals surface area contributed by atoms with Crippen molar-refractivity contribution < 1.29 is 9.59 Å². The second-order valence-corrected chi connectivity index (χ2v) is 9.24. The summed E-state index contributed by atoms with van der Waals surface area (Å²) in [5.74, 6) is -0.436. The van der Waals surface area contributed by atoms with Gasteiger partial charge in [-0.3, -0.25) is 19.0 Å². The molecule has 0 atom stereocenters. The third-order valence-corrected chi connectivity index (χ3v) is 6.97. The molecular weight excluding hydrogens is 434 g/mol. The first-order chi connectivity index (χ1) is 16.0. The quantitative estimate of drug-likeness (QED) is 0.435. The largest absolute Gasteiger partial charge is 0.325 e. The number of aromatic nitrogens is 2. The number of hydrogen-bond acceptors (Lipinski definition) is 5. The molecule has 2 aromatic carbocycles. The van der Waals surface area contributed by atoms with Crippen molar-refractivity contribution in [2.24, 2.45) is 0 Å². The van der Waals surface area contributed by atoms with Gasteiger partial charge in [0.25, 0.3) is 5.56 Å². The fraction of sp³-hybridized carbons (Fsp3) is 0.231. The molecular formula is C26H23N3O3S. The number of fused-ring (bicyclic) bond motifs is 2. The minimum Gasteiger partial charge on any atom is -0.325 e. The number of thiophene rings is 1. The van der Waals surface area contributed by atoms with Crippen molar-refractivity contribution >= 4 is 38.9 Å². The molecule has 7 heteroatoms. The van der Waals surface area contributed by atoms with Gasteiger partial charge in [-0.05, 0) is 61.4 Å². The number of aryl methyl sites for hydroxylation is 2. The summed E-state index contributed by atoms with van der Waals surface area (Å²) >= 11 is 1.44. The second kappa shape index (κ2) is 8.75. The van der Waals surface area contributed by atoms with Gasteiger partial charge in [-0.2, -0.15) is 0 Å². The van der Waals surface area contributed by atoms with Crippen molar-refractivity contribution in [3.63, 3.8) is 0 Å². The third-order valence-electron chi connectivity index (χ3n) is 6.09. The number of anilines is 1. The molecule has 33 heavy (non-hydrogen) atoms. The average Bonchev–Trinajstić information content (AvgIpc) is 3.26. The maximum absolute atomic E-state index is 13.3. The van der Waals surface area contributed by atoms with E-state index in [1.807, 2.05) is 5.38 Å². The number of amides is 1. The lowest BCUT2D eigenvalue weighted by Crippen LogP contribution is -2.27. The molecule has 0 spiro atoms. The van der Waals surface area contributed by atoms with E-state index in [0.29, 0.717) is 21.5 Å². The second-order valence-electron chi connectivity index (χ2n) is 8.38. The zero-order valence-electron chi connectivity index (χ0n) is 18.3. The molecule has 1 N–H and O–H groups in total. The summed E-state index contributed by atoms with van der Waals surface area (Å²) in [6.07, 6.45) is 6.02. The summed E-state index contributed by atoms with van der Waals surface area (Å²) in [6, 6.07) is 13.2. The van der Waals surface area contributed by atoms with Crippen molar-refractivity contribution in [2.75, 3.05) is 5.32 Å². The maximum atomic E-state index is 13.3. The number of ketones is 1. The van der Waals surface area contributed by atoms with Crippen LogP contribution in [0.2, 0.25) is 0 Å². The smallest absolute Gasteiger partial charge is 0.263 e. The lowest BCUT2D eigenvalue weighted by molar-refractivity contribution is -0.116. The van der Waals surface area contributed by atoms with Crippen LogP contribution in [0.1, 0.15) is 41.3 Å². The normalized spacial score (nSPS) is 13.0. The molecule has 0 bridgehead atoms. The molecule has 0 aliphatic heterocycles. The van der Waals surface area contributed by atoms with Crippen molar-refractivity contribution in [3.05, 3.63) is 81.2 Å². The standard InChI is InChI=1S/C26H23N3O3S/c1-16(30)18-7-4-8-21(12-18)28-23(31)13-29-15-27-25-24(26(29)32)22(14-33-25)20-10-9-17-5-2-3-6-19(17)11-20/h4,7-12,14-15H,2-3,5-6,13H2,1H3,(H,28,31). The molecule has 4 aromatic rings. The van der Waals surface area contributed by atoms with E-state index in [2.05, 4.69) is 28.5 Å². The molecule has 1 aliphatic carbocycles. The van der Waals surface area contributed by atoms with Crippen LogP contribution in [0.3, 0.4) is 0 Å². The molecule has 0 unspecified atom stereocenters. The molecule has 2 aromatic heterocycles. The predicted octanol–water partition coefficient (Wildman–Crippen LogP) is 4.85. The van der Waals surface area contributed by atoms with E-state index in [9.17, 15) is 14.4 Å². The molecule has 2 heterocycles. The highest BCUT2D eigenvalue weighted by Gasteiger charge is 2.17. The first-order valence-electron chi connectivity index (χ1n) is 11.0. The fourth-order valence-electron chi connectivity index (χ4n) is 4.36. The van der Waals surface area contributed by atoms with E-state index in [0.717, 1.165) is 24.0 Å². The number of Topliss-reactive ketones (excluding diaryl/α,β-unsaturated/α-hetero) is 1. The van der Waals surface area contributed by atoms with Crippen LogP contribution in [-0.4, -0.2) is 21.2 Å². The van der Waals surface area contributed by atoms with Crippen LogP contribution in [0.4, 0.5) is 5.69 Å². The Morgan fingerprint density at radius 1 is 1.09 bits per heavy atom. The molecule has 5 rings (SSSR count). The molecule has 166 valence electrons. The molecule has 6 nitrogen and oxygen atoms in total. The van der Waals surface area contributed by atoms with Gasteiger partial charge < -0.3 is 5.32 Å². The van der Waals surface area contributed by atoms with Crippen LogP contribution in [0, 0.1) is 0 Å². The van der Waals surface area contributed by atoms with Gasteiger partial charge in [0.15, 0.2) is 5.78 Å². The van der Waals surface area contributed by atoms with Gasteiger partial charge in [0, 0.05) is 22.2 Å². The fourth-order valence-corrected chi connectivity index (χ4v) is 5.27. The Kier molecular flexibility index (Phi) is 5.64. The number of carbonyl (C=O) groups excluding carboxylic acids is 2. The van der Waals surface area contributed by atoms with Gasteiger partial charge in [0.05, 0.1) is 11.7 Å². The summed E-state index contributed by atoms with van der Waals surface area (Å²) in [6.45, 7) is 1.31. The number of nitrogens with one attached hydrogen (secondary N) is 1. The molecule has 0 saturated heterocycles. The van der Waals surface area contributed by atoms with Crippen LogP contribution in [-0.2, 0) is 24.2 Å². The number of benzene rings is 2. The SMILES string of the molecule is CC(=O)c1cccc(NC(=O)Cn2cnc3scc(-c4ccc5c(c4)CCCC5)c3c2=O)c1. The highest BCUT2D eigenvalue weighted by molar-refractivity contribution is 7.17. The molecule has 1 aliphatic rings. The van der Waals surface area contributed by atoms with Crippen molar-refractivity contribution in [2.45, 2.75) is 39.2 Å². The highest BCUT2D eigenvalue weighted by Crippen LogP contribution is 2.33. The Bertz CT molecular complexity index is 1450. The van der Waals surface area contributed by atoms with Crippen LogP contribution >= 0.6 is 11.3 Å². The van der Waals surface area contributed by atoms with Gasteiger partial charge in [-0.1, -0.05) is 30.3 Å². The Hall–Kier alpha value is -3.58. The minimum absolute atomic E-state index is 0.0795. The van der Waals surface area contributed by atoms with Crippen LogP contribution < -0.4 is 10.9 Å².